The predicted molar refractivity (Wildman–Crippen MR) is 85.7 cm³/mol. The van der Waals surface area contributed by atoms with Crippen molar-refractivity contribution < 1.29 is 23.8 Å². The van der Waals surface area contributed by atoms with Gasteiger partial charge >= 0.3 is 5.97 Å². The van der Waals surface area contributed by atoms with Crippen molar-refractivity contribution in [3.05, 3.63) is 36.4 Å². The molecule has 2 bridgehead atoms. The van der Waals surface area contributed by atoms with E-state index in [1.807, 2.05) is 36.4 Å². The summed E-state index contributed by atoms with van der Waals surface area (Å²) in [6.45, 7) is 2.46. The molecule has 3 aliphatic heterocycles. The smallest absolute Gasteiger partial charge is 0.312 e. The highest BCUT2D eigenvalue weighted by molar-refractivity contribution is 6.02. The number of methoxy groups -OCH3 is 1. The first kappa shape index (κ1) is 15.2. The van der Waals surface area contributed by atoms with E-state index in [-0.39, 0.29) is 18.0 Å². The molecule has 1 spiro atoms. The summed E-state index contributed by atoms with van der Waals surface area (Å²) in [5.41, 5.74) is 0.0478. The quantitative estimate of drug-likeness (QED) is 0.619. The number of esters is 1. The van der Waals surface area contributed by atoms with Gasteiger partial charge in [-0.05, 0) is 31.2 Å². The molecule has 3 aliphatic rings. The zero-order valence-electron chi connectivity index (χ0n) is 13.6. The summed E-state index contributed by atoms with van der Waals surface area (Å²) < 4.78 is 16.4. The molecule has 4 atom stereocenters. The summed E-state index contributed by atoms with van der Waals surface area (Å²) in [5, 5.41) is 0. The van der Waals surface area contributed by atoms with Crippen LogP contribution < -0.4 is 9.64 Å². The highest BCUT2D eigenvalue weighted by atomic mass is 16.6. The minimum absolute atomic E-state index is 0.0925. The normalized spacial score (nSPS) is 33.0. The number of anilines is 1. The molecule has 2 fully saturated rings. The summed E-state index contributed by atoms with van der Waals surface area (Å²) in [4.78, 5) is 27.0. The molecular formula is C18H19NO5. The number of amides is 1. The third kappa shape index (κ3) is 1.99. The van der Waals surface area contributed by atoms with Crippen molar-refractivity contribution in [3.63, 3.8) is 0 Å². The van der Waals surface area contributed by atoms with Gasteiger partial charge in [0.05, 0.1) is 32.3 Å². The van der Waals surface area contributed by atoms with Crippen molar-refractivity contribution >= 4 is 17.6 Å². The van der Waals surface area contributed by atoms with Crippen LogP contribution in [0.5, 0.6) is 5.75 Å². The highest BCUT2D eigenvalue weighted by Gasteiger charge is 2.67. The fraction of sp³-hybridized carbons (Fsp3) is 0.444. The van der Waals surface area contributed by atoms with Crippen molar-refractivity contribution in [3.8, 4) is 5.75 Å². The molecule has 0 aromatic heterocycles. The minimum Gasteiger partial charge on any atom is -0.497 e. The van der Waals surface area contributed by atoms with Crippen LogP contribution in [-0.4, -0.2) is 43.8 Å². The number of carbonyl (C=O) groups excluding carboxylic acids is 2. The first-order valence-electron chi connectivity index (χ1n) is 8.09. The van der Waals surface area contributed by atoms with E-state index in [4.69, 9.17) is 14.2 Å². The van der Waals surface area contributed by atoms with E-state index in [0.717, 1.165) is 11.4 Å². The molecule has 2 saturated heterocycles. The van der Waals surface area contributed by atoms with E-state index in [1.165, 1.54) is 0 Å². The number of nitrogens with zero attached hydrogens (tertiary/aromatic N) is 1. The fourth-order valence-corrected chi connectivity index (χ4v) is 3.99. The zero-order valence-corrected chi connectivity index (χ0v) is 13.6. The molecule has 6 nitrogen and oxygen atoms in total. The van der Waals surface area contributed by atoms with Crippen LogP contribution >= 0.6 is 0 Å². The van der Waals surface area contributed by atoms with Gasteiger partial charge in [0.25, 0.3) is 0 Å². The summed E-state index contributed by atoms with van der Waals surface area (Å²) in [5.74, 6) is -0.807. The maximum absolute atomic E-state index is 13.0. The predicted octanol–water partition coefficient (Wildman–Crippen LogP) is 1.54. The molecule has 1 aromatic carbocycles. The molecule has 1 aromatic rings. The molecule has 126 valence electrons. The van der Waals surface area contributed by atoms with E-state index >= 15 is 0 Å². The minimum atomic E-state index is -0.723. The highest BCUT2D eigenvalue weighted by Crippen LogP contribution is 2.52. The number of rotatable bonds is 4. The van der Waals surface area contributed by atoms with Crippen LogP contribution in [0.4, 0.5) is 5.69 Å². The molecule has 0 aliphatic carbocycles. The molecule has 0 radical (unpaired) electrons. The average molecular weight is 329 g/mol. The summed E-state index contributed by atoms with van der Waals surface area (Å²) in [6.07, 6.45) is 3.44. The summed E-state index contributed by atoms with van der Waals surface area (Å²) in [6, 6.07) is 7.30. The second-order valence-electron chi connectivity index (χ2n) is 6.27. The lowest BCUT2D eigenvalue weighted by atomic mass is 9.77. The maximum Gasteiger partial charge on any atom is 0.312 e. The standard InChI is InChI=1S/C18H19NO5/c1-3-23-17(21)14-13-8-9-18(24-13)10-19(16(20)15(14)18)11-4-6-12(22-2)7-5-11/h4-9,13-15H,3,10H2,1-2H3/t13-,14-,15-,18+/m0/s1. The van der Waals surface area contributed by atoms with Crippen molar-refractivity contribution in [1.82, 2.24) is 0 Å². The third-order valence-electron chi connectivity index (χ3n) is 5.04. The number of hydrogen-bond donors (Lipinski definition) is 0. The first-order chi connectivity index (χ1) is 11.6. The van der Waals surface area contributed by atoms with Gasteiger partial charge in [-0.3, -0.25) is 9.59 Å². The number of ether oxygens (including phenoxy) is 3. The summed E-state index contributed by atoms with van der Waals surface area (Å²) in [7, 11) is 1.60. The van der Waals surface area contributed by atoms with Gasteiger partial charge in [-0.2, -0.15) is 0 Å². The summed E-state index contributed by atoms with van der Waals surface area (Å²) >= 11 is 0. The van der Waals surface area contributed by atoms with Gasteiger partial charge in [-0.25, -0.2) is 0 Å². The van der Waals surface area contributed by atoms with Crippen molar-refractivity contribution in [1.29, 1.82) is 0 Å². The van der Waals surface area contributed by atoms with Gasteiger partial charge in [-0.1, -0.05) is 12.2 Å². The van der Waals surface area contributed by atoms with Gasteiger partial charge in [-0.15, -0.1) is 0 Å². The maximum atomic E-state index is 13.0. The van der Waals surface area contributed by atoms with E-state index in [2.05, 4.69) is 0 Å². The first-order valence-corrected chi connectivity index (χ1v) is 8.09. The van der Waals surface area contributed by atoms with Crippen LogP contribution in [0.2, 0.25) is 0 Å². The Bertz CT molecular complexity index is 713. The number of carbonyl (C=O) groups is 2. The van der Waals surface area contributed by atoms with E-state index in [1.54, 1.807) is 18.9 Å². The van der Waals surface area contributed by atoms with E-state index in [9.17, 15) is 9.59 Å². The topological polar surface area (TPSA) is 65.1 Å². The number of fused-ring (bicyclic) bond motifs is 1. The lowest BCUT2D eigenvalue weighted by molar-refractivity contribution is -0.151. The number of benzene rings is 1. The van der Waals surface area contributed by atoms with Crippen LogP contribution in [-0.2, 0) is 19.1 Å². The monoisotopic (exact) mass is 329 g/mol. The second kappa shape index (κ2) is 5.34. The second-order valence-corrected chi connectivity index (χ2v) is 6.27. The van der Waals surface area contributed by atoms with E-state index < -0.39 is 17.4 Å². The Morgan fingerprint density at radius 1 is 1.38 bits per heavy atom. The lowest BCUT2D eigenvalue weighted by Crippen LogP contribution is -2.40. The molecule has 24 heavy (non-hydrogen) atoms. The molecule has 4 rings (SSSR count). The molecular weight excluding hydrogens is 310 g/mol. The van der Waals surface area contributed by atoms with Crippen LogP contribution in [0.3, 0.4) is 0 Å². The van der Waals surface area contributed by atoms with Crippen LogP contribution in [0.15, 0.2) is 36.4 Å². The third-order valence-corrected chi connectivity index (χ3v) is 5.04. The Hall–Kier alpha value is -2.34. The van der Waals surface area contributed by atoms with Gasteiger partial charge < -0.3 is 19.1 Å². The molecule has 1 amide bonds. The zero-order chi connectivity index (χ0) is 16.9. The average Bonchev–Trinajstić information content (AvgIpc) is 3.23. The fourth-order valence-electron chi connectivity index (χ4n) is 3.99. The molecule has 3 heterocycles. The van der Waals surface area contributed by atoms with Crippen LogP contribution in [0.1, 0.15) is 6.92 Å². The molecule has 0 N–H and O–H groups in total. The van der Waals surface area contributed by atoms with E-state index in [0.29, 0.717) is 13.2 Å². The van der Waals surface area contributed by atoms with Crippen LogP contribution in [0, 0.1) is 11.8 Å². The van der Waals surface area contributed by atoms with Gasteiger partial charge in [0.1, 0.15) is 17.3 Å². The van der Waals surface area contributed by atoms with Gasteiger partial charge in [0.2, 0.25) is 5.91 Å². The Morgan fingerprint density at radius 2 is 2.12 bits per heavy atom. The van der Waals surface area contributed by atoms with Crippen molar-refractivity contribution in [2.24, 2.45) is 11.8 Å². The largest absolute Gasteiger partial charge is 0.497 e. The molecule has 6 heteroatoms. The molecule has 0 unspecified atom stereocenters. The van der Waals surface area contributed by atoms with Gasteiger partial charge in [0.15, 0.2) is 0 Å². The Kier molecular flexibility index (Phi) is 3.38. The SMILES string of the molecule is CCOC(=O)[C@H]1[C@@H]2C=C[C@]3(CN(c4ccc(OC)cc4)C(=O)[C@H]13)O2. The number of hydrogen-bond acceptors (Lipinski definition) is 5. The lowest BCUT2D eigenvalue weighted by Gasteiger charge is -2.22. The molecule has 0 saturated carbocycles. The Morgan fingerprint density at radius 3 is 2.79 bits per heavy atom. The van der Waals surface area contributed by atoms with Crippen molar-refractivity contribution in [2.75, 3.05) is 25.2 Å². The Labute approximate surface area is 140 Å². The van der Waals surface area contributed by atoms with Crippen LogP contribution in [0.25, 0.3) is 0 Å². The van der Waals surface area contributed by atoms with Gasteiger partial charge in [0, 0.05) is 5.69 Å². The van der Waals surface area contributed by atoms with Crippen molar-refractivity contribution in [2.45, 2.75) is 18.6 Å². The Balaban J connectivity index is 1.65.